The molecule has 0 atom stereocenters. The van der Waals surface area contributed by atoms with Crippen molar-refractivity contribution >= 4 is 11.0 Å². The van der Waals surface area contributed by atoms with Gasteiger partial charge in [-0.2, -0.15) is 5.10 Å². The van der Waals surface area contributed by atoms with Gasteiger partial charge in [-0.15, -0.1) is 0 Å². The number of rotatable bonds is 3. The van der Waals surface area contributed by atoms with E-state index in [9.17, 15) is 9.18 Å². The number of benzene rings is 1. The van der Waals surface area contributed by atoms with Crippen LogP contribution in [0.5, 0.6) is 0 Å². The maximum absolute atomic E-state index is 13.9. The Hall–Kier alpha value is -3.29. The molecule has 0 spiro atoms. The lowest BCUT2D eigenvalue weighted by Gasteiger charge is -2.04. The quantitative estimate of drug-likeness (QED) is 0.624. The molecule has 3 aromatic heterocycles. The third-order valence-electron chi connectivity index (χ3n) is 3.45. The van der Waals surface area contributed by atoms with Gasteiger partial charge in [0.15, 0.2) is 5.65 Å². The second-order valence-corrected chi connectivity index (χ2v) is 4.92. The second kappa shape index (κ2) is 5.16. The zero-order valence-electron chi connectivity index (χ0n) is 11.7. The van der Waals surface area contributed by atoms with E-state index in [0.717, 1.165) is 0 Å². The zero-order chi connectivity index (χ0) is 15.8. The molecule has 0 aliphatic carbocycles. The summed E-state index contributed by atoms with van der Waals surface area (Å²) in [7, 11) is 0. The van der Waals surface area contributed by atoms with Crippen molar-refractivity contribution in [3.8, 4) is 11.5 Å². The van der Waals surface area contributed by atoms with Crippen LogP contribution in [0.25, 0.3) is 22.6 Å². The van der Waals surface area contributed by atoms with Gasteiger partial charge in [0.05, 0.1) is 11.9 Å². The molecule has 7 nitrogen and oxygen atoms in total. The van der Waals surface area contributed by atoms with E-state index < -0.39 is 5.76 Å². The lowest BCUT2D eigenvalue weighted by molar-refractivity contribution is 0.387. The van der Waals surface area contributed by atoms with Crippen molar-refractivity contribution in [3.05, 3.63) is 64.5 Å². The Kier molecular flexibility index (Phi) is 3.00. The van der Waals surface area contributed by atoms with E-state index in [4.69, 9.17) is 0 Å². The van der Waals surface area contributed by atoms with Crippen LogP contribution in [0.1, 0.15) is 5.56 Å². The number of aromatic nitrogens is 5. The van der Waals surface area contributed by atoms with Crippen molar-refractivity contribution in [1.29, 1.82) is 0 Å². The molecule has 4 aromatic rings. The van der Waals surface area contributed by atoms with Crippen LogP contribution < -0.4 is 5.76 Å². The molecular weight excluding hydrogens is 301 g/mol. The van der Waals surface area contributed by atoms with Crippen molar-refractivity contribution in [1.82, 2.24) is 24.9 Å². The molecule has 0 aliphatic heterocycles. The summed E-state index contributed by atoms with van der Waals surface area (Å²) in [5.41, 5.74) is 1.48. The zero-order valence-corrected chi connectivity index (χ0v) is 11.7. The largest absolute Gasteiger partial charge is 0.439 e. The van der Waals surface area contributed by atoms with Crippen molar-refractivity contribution in [3.63, 3.8) is 0 Å². The highest BCUT2D eigenvalue weighted by Gasteiger charge is 2.17. The second-order valence-electron chi connectivity index (χ2n) is 4.92. The molecule has 23 heavy (non-hydrogen) atoms. The van der Waals surface area contributed by atoms with Gasteiger partial charge >= 0.3 is 5.76 Å². The minimum Gasteiger partial charge on any atom is -0.296 e. The topological polar surface area (TPSA) is 89.6 Å². The lowest BCUT2D eigenvalue weighted by Crippen LogP contribution is -2.04. The summed E-state index contributed by atoms with van der Waals surface area (Å²) in [6.07, 6.45) is 1.62. The first-order valence-corrected chi connectivity index (χ1v) is 6.83. The minimum absolute atomic E-state index is 0.209. The summed E-state index contributed by atoms with van der Waals surface area (Å²) in [5.74, 6) is -0.774. The number of hydrogen-bond acceptors (Lipinski definition) is 5. The smallest absolute Gasteiger partial charge is 0.296 e. The van der Waals surface area contributed by atoms with Crippen LogP contribution >= 0.6 is 0 Å². The fourth-order valence-corrected chi connectivity index (χ4v) is 2.41. The Balaban J connectivity index is 1.88. The van der Waals surface area contributed by atoms with Gasteiger partial charge < -0.3 is 0 Å². The van der Waals surface area contributed by atoms with E-state index in [1.54, 1.807) is 41.2 Å². The number of nitrogens with zero attached hydrogens (tertiary/aromatic N) is 4. The molecule has 1 N–H and O–H groups in total. The van der Waals surface area contributed by atoms with Gasteiger partial charge in [0.2, 0.25) is 5.82 Å². The average molecular weight is 311 g/mol. The predicted octanol–water partition coefficient (Wildman–Crippen LogP) is 1.96. The number of fused-ring (bicyclic) bond motifs is 1. The molecule has 0 unspecified atom stereocenters. The Morgan fingerprint density at radius 3 is 2.87 bits per heavy atom. The average Bonchev–Trinajstić information content (AvgIpc) is 3.14. The SMILES string of the molecule is O=c1[nH]c(-c2nn(Cc3ccccc3F)c3ncccc23)no1. The monoisotopic (exact) mass is 311 g/mol. The summed E-state index contributed by atoms with van der Waals surface area (Å²) in [4.78, 5) is 17.9. The van der Waals surface area contributed by atoms with E-state index in [-0.39, 0.29) is 18.2 Å². The molecule has 1 aromatic carbocycles. The molecule has 0 saturated carbocycles. The van der Waals surface area contributed by atoms with Crippen molar-refractivity contribution in [2.24, 2.45) is 0 Å². The van der Waals surface area contributed by atoms with Gasteiger partial charge in [0.25, 0.3) is 0 Å². The first kappa shape index (κ1) is 13.4. The van der Waals surface area contributed by atoms with E-state index in [1.807, 2.05) is 0 Å². The fraction of sp³-hybridized carbons (Fsp3) is 0.0667. The van der Waals surface area contributed by atoms with Crippen LogP contribution in [0.3, 0.4) is 0 Å². The van der Waals surface area contributed by atoms with Gasteiger partial charge in [0.1, 0.15) is 11.5 Å². The molecule has 0 saturated heterocycles. The number of nitrogens with one attached hydrogen (secondary N) is 1. The van der Waals surface area contributed by atoms with Crippen LogP contribution in [0.15, 0.2) is 51.9 Å². The molecule has 0 fully saturated rings. The minimum atomic E-state index is -0.666. The van der Waals surface area contributed by atoms with Crippen LogP contribution in [0, 0.1) is 5.82 Å². The normalized spacial score (nSPS) is 11.2. The van der Waals surface area contributed by atoms with E-state index in [0.29, 0.717) is 22.3 Å². The lowest BCUT2D eigenvalue weighted by atomic mass is 10.2. The molecule has 4 rings (SSSR count). The maximum atomic E-state index is 13.9. The van der Waals surface area contributed by atoms with Gasteiger partial charge in [-0.3, -0.25) is 9.51 Å². The number of H-pyrrole nitrogens is 1. The highest BCUT2D eigenvalue weighted by molar-refractivity contribution is 5.88. The highest BCUT2D eigenvalue weighted by Crippen LogP contribution is 2.24. The molecule has 0 aliphatic rings. The number of pyridine rings is 1. The van der Waals surface area contributed by atoms with Crippen molar-refractivity contribution in [2.75, 3.05) is 0 Å². The summed E-state index contributed by atoms with van der Waals surface area (Å²) >= 11 is 0. The number of halogens is 1. The Labute approximate surface area is 128 Å². The predicted molar refractivity (Wildman–Crippen MR) is 79.1 cm³/mol. The maximum Gasteiger partial charge on any atom is 0.439 e. The standard InChI is InChI=1S/C15H10FN5O2/c16-11-6-2-1-4-9(11)8-21-14-10(5-3-7-17-14)12(19-21)13-18-15(22)23-20-13/h1-7H,8H2,(H,18,20,22). The third kappa shape index (κ3) is 2.30. The third-order valence-corrected chi connectivity index (χ3v) is 3.45. The van der Waals surface area contributed by atoms with Crippen molar-refractivity contribution < 1.29 is 8.91 Å². The summed E-state index contributed by atoms with van der Waals surface area (Å²) in [5, 5.41) is 8.75. The molecule has 8 heteroatoms. The van der Waals surface area contributed by atoms with Crippen LogP contribution in [-0.4, -0.2) is 24.9 Å². The Bertz CT molecular complexity index is 1050. The molecule has 0 bridgehead atoms. The molecular formula is C15H10FN5O2. The Morgan fingerprint density at radius 1 is 1.22 bits per heavy atom. The van der Waals surface area contributed by atoms with Crippen LogP contribution in [0.2, 0.25) is 0 Å². The Morgan fingerprint density at radius 2 is 2.09 bits per heavy atom. The summed E-state index contributed by atoms with van der Waals surface area (Å²) in [6, 6.07) is 10.0. The van der Waals surface area contributed by atoms with E-state index in [2.05, 4.69) is 24.7 Å². The van der Waals surface area contributed by atoms with Crippen LogP contribution in [0.4, 0.5) is 4.39 Å². The fourth-order valence-electron chi connectivity index (χ4n) is 2.41. The number of hydrogen-bond donors (Lipinski definition) is 1. The molecule has 114 valence electrons. The summed E-state index contributed by atoms with van der Waals surface area (Å²) in [6.45, 7) is 0.211. The van der Waals surface area contributed by atoms with E-state index >= 15 is 0 Å². The van der Waals surface area contributed by atoms with Gasteiger partial charge in [-0.05, 0) is 18.2 Å². The molecule has 0 amide bonds. The first-order chi connectivity index (χ1) is 11.2. The van der Waals surface area contributed by atoms with Gasteiger partial charge in [-0.1, -0.05) is 23.4 Å². The van der Waals surface area contributed by atoms with E-state index in [1.165, 1.54) is 6.07 Å². The van der Waals surface area contributed by atoms with Gasteiger partial charge in [0, 0.05) is 11.8 Å². The van der Waals surface area contributed by atoms with Gasteiger partial charge in [-0.25, -0.2) is 18.9 Å². The molecule has 0 radical (unpaired) electrons. The molecule has 3 heterocycles. The van der Waals surface area contributed by atoms with Crippen molar-refractivity contribution in [2.45, 2.75) is 6.54 Å². The highest BCUT2D eigenvalue weighted by atomic mass is 19.1. The first-order valence-electron chi connectivity index (χ1n) is 6.83. The van der Waals surface area contributed by atoms with Crippen LogP contribution in [-0.2, 0) is 6.54 Å². The number of aromatic amines is 1. The summed E-state index contributed by atoms with van der Waals surface area (Å²) < 4.78 is 20.0.